The minimum Gasteiger partial charge on any atom is -0.508 e. The van der Waals surface area contributed by atoms with Gasteiger partial charge in [0.2, 0.25) is 0 Å². The van der Waals surface area contributed by atoms with Gasteiger partial charge < -0.3 is 15.7 Å². The highest BCUT2D eigenvalue weighted by atomic mass is 32.1. The minimum absolute atomic E-state index is 0.145. The maximum Gasteiger partial charge on any atom is 0.251 e. The first kappa shape index (κ1) is 16.0. The fraction of sp³-hybridized carbons (Fsp3) is 0.111. The number of thiazole rings is 1. The first-order valence-corrected chi connectivity index (χ1v) is 8.42. The van der Waals surface area contributed by atoms with Crippen LogP contribution < -0.4 is 10.6 Å². The summed E-state index contributed by atoms with van der Waals surface area (Å²) in [5.41, 5.74) is 2.55. The average molecular weight is 339 g/mol. The summed E-state index contributed by atoms with van der Waals surface area (Å²) in [6.45, 7) is 1.07. The Hall–Kier alpha value is -2.86. The van der Waals surface area contributed by atoms with Crippen molar-refractivity contribution in [3.8, 4) is 17.0 Å². The van der Waals surface area contributed by atoms with E-state index >= 15 is 0 Å². The average Bonchev–Trinajstić information content (AvgIpc) is 3.09. The Morgan fingerprint density at radius 3 is 2.54 bits per heavy atom. The number of rotatable bonds is 6. The predicted molar refractivity (Wildman–Crippen MR) is 96.5 cm³/mol. The second-order valence-electron chi connectivity index (χ2n) is 5.13. The van der Waals surface area contributed by atoms with E-state index in [1.807, 2.05) is 35.7 Å². The van der Waals surface area contributed by atoms with Crippen LogP contribution in [0.4, 0.5) is 5.13 Å². The van der Waals surface area contributed by atoms with Crippen molar-refractivity contribution in [1.29, 1.82) is 0 Å². The highest BCUT2D eigenvalue weighted by molar-refractivity contribution is 7.14. The SMILES string of the molecule is O=C(NCCNc1nc(-c2ccccc2)cs1)c1ccc(O)cc1. The van der Waals surface area contributed by atoms with E-state index in [0.717, 1.165) is 16.4 Å². The van der Waals surface area contributed by atoms with Crippen molar-refractivity contribution >= 4 is 22.4 Å². The van der Waals surface area contributed by atoms with E-state index in [4.69, 9.17) is 0 Å². The van der Waals surface area contributed by atoms with Crippen molar-refractivity contribution in [2.24, 2.45) is 0 Å². The first-order chi connectivity index (χ1) is 11.7. The Kier molecular flexibility index (Phi) is 5.08. The van der Waals surface area contributed by atoms with Gasteiger partial charge in [-0.2, -0.15) is 0 Å². The Balaban J connectivity index is 1.46. The van der Waals surface area contributed by atoms with Crippen molar-refractivity contribution in [1.82, 2.24) is 10.3 Å². The van der Waals surface area contributed by atoms with E-state index in [1.54, 1.807) is 12.1 Å². The molecule has 2 aromatic carbocycles. The molecule has 0 aliphatic carbocycles. The van der Waals surface area contributed by atoms with Gasteiger partial charge in [0.15, 0.2) is 5.13 Å². The molecule has 3 rings (SSSR count). The van der Waals surface area contributed by atoms with Gasteiger partial charge in [0.05, 0.1) is 5.69 Å². The van der Waals surface area contributed by atoms with Gasteiger partial charge in [-0.05, 0) is 24.3 Å². The third-order valence-electron chi connectivity index (χ3n) is 3.39. The molecule has 6 heteroatoms. The van der Waals surface area contributed by atoms with Gasteiger partial charge >= 0.3 is 0 Å². The minimum atomic E-state index is -0.166. The molecule has 122 valence electrons. The van der Waals surface area contributed by atoms with Crippen LogP contribution in [-0.4, -0.2) is 29.1 Å². The van der Waals surface area contributed by atoms with Gasteiger partial charge in [-0.1, -0.05) is 30.3 Å². The molecule has 0 saturated carbocycles. The highest BCUT2D eigenvalue weighted by Gasteiger charge is 2.06. The number of carbonyl (C=O) groups is 1. The third-order valence-corrected chi connectivity index (χ3v) is 4.19. The van der Waals surface area contributed by atoms with E-state index < -0.39 is 0 Å². The molecule has 0 bridgehead atoms. The standard InChI is InChI=1S/C18H17N3O2S/c22-15-8-6-14(7-9-15)17(23)19-10-11-20-18-21-16(12-24-18)13-4-2-1-3-5-13/h1-9,12,22H,10-11H2,(H,19,23)(H,20,21). The molecular formula is C18H17N3O2S. The molecule has 0 radical (unpaired) electrons. The molecular weight excluding hydrogens is 322 g/mol. The smallest absolute Gasteiger partial charge is 0.251 e. The quantitative estimate of drug-likeness (QED) is 0.602. The van der Waals surface area contributed by atoms with Gasteiger partial charge in [-0.25, -0.2) is 4.98 Å². The zero-order valence-electron chi connectivity index (χ0n) is 12.9. The fourth-order valence-corrected chi connectivity index (χ4v) is 2.91. The van der Waals surface area contributed by atoms with E-state index in [0.29, 0.717) is 18.7 Å². The summed E-state index contributed by atoms with van der Waals surface area (Å²) in [4.78, 5) is 16.5. The molecule has 3 aromatic rings. The van der Waals surface area contributed by atoms with Gasteiger partial charge in [0, 0.05) is 29.6 Å². The topological polar surface area (TPSA) is 74.2 Å². The first-order valence-electron chi connectivity index (χ1n) is 7.54. The number of amides is 1. The molecule has 0 aliphatic rings. The summed E-state index contributed by atoms with van der Waals surface area (Å²) in [6.07, 6.45) is 0. The van der Waals surface area contributed by atoms with Crippen molar-refractivity contribution in [2.75, 3.05) is 18.4 Å². The van der Waals surface area contributed by atoms with Crippen LogP contribution in [0.2, 0.25) is 0 Å². The highest BCUT2D eigenvalue weighted by Crippen LogP contribution is 2.24. The summed E-state index contributed by atoms with van der Waals surface area (Å²) in [5, 5.41) is 18.1. The molecule has 3 N–H and O–H groups in total. The zero-order valence-corrected chi connectivity index (χ0v) is 13.7. The molecule has 0 unspecified atom stereocenters. The van der Waals surface area contributed by atoms with E-state index in [2.05, 4.69) is 15.6 Å². The van der Waals surface area contributed by atoms with E-state index in [-0.39, 0.29) is 11.7 Å². The van der Waals surface area contributed by atoms with Crippen LogP contribution in [0.1, 0.15) is 10.4 Å². The van der Waals surface area contributed by atoms with E-state index in [1.165, 1.54) is 23.5 Å². The van der Waals surface area contributed by atoms with Crippen molar-refractivity contribution < 1.29 is 9.90 Å². The van der Waals surface area contributed by atoms with Gasteiger partial charge in [0.1, 0.15) is 5.75 Å². The molecule has 0 aliphatic heterocycles. The number of anilines is 1. The summed E-state index contributed by atoms with van der Waals surface area (Å²) < 4.78 is 0. The molecule has 5 nitrogen and oxygen atoms in total. The predicted octanol–water partition coefficient (Wildman–Crippen LogP) is 3.36. The van der Waals surface area contributed by atoms with Crippen LogP contribution in [0.25, 0.3) is 11.3 Å². The lowest BCUT2D eigenvalue weighted by Gasteiger charge is -2.06. The Morgan fingerprint density at radius 1 is 1.04 bits per heavy atom. The number of benzene rings is 2. The lowest BCUT2D eigenvalue weighted by atomic mass is 10.2. The molecule has 1 heterocycles. The molecule has 24 heavy (non-hydrogen) atoms. The maximum absolute atomic E-state index is 11.9. The van der Waals surface area contributed by atoms with Crippen molar-refractivity contribution in [2.45, 2.75) is 0 Å². The fourth-order valence-electron chi connectivity index (χ4n) is 2.16. The molecule has 0 saturated heterocycles. The Bertz CT molecular complexity index is 801. The number of hydrogen-bond acceptors (Lipinski definition) is 5. The van der Waals surface area contributed by atoms with Crippen LogP contribution in [0.5, 0.6) is 5.75 Å². The summed E-state index contributed by atoms with van der Waals surface area (Å²) >= 11 is 1.54. The van der Waals surface area contributed by atoms with Gasteiger partial charge in [0.25, 0.3) is 5.91 Å². The molecule has 1 amide bonds. The summed E-state index contributed by atoms with van der Waals surface area (Å²) in [5.74, 6) is -0.0212. The number of hydrogen-bond donors (Lipinski definition) is 3. The molecule has 0 spiro atoms. The summed E-state index contributed by atoms with van der Waals surface area (Å²) in [6, 6.07) is 16.2. The van der Waals surface area contributed by atoms with Crippen molar-refractivity contribution in [3.63, 3.8) is 0 Å². The monoisotopic (exact) mass is 339 g/mol. The van der Waals surface area contributed by atoms with Crippen molar-refractivity contribution in [3.05, 3.63) is 65.5 Å². The van der Waals surface area contributed by atoms with Gasteiger partial charge in [-0.3, -0.25) is 4.79 Å². The van der Waals surface area contributed by atoms with Crippen LogP contribution in [0, 0.1) is 0 Å². The van der Waals surface area contributed by atoms with Gasteiger partial charge in [-0.15, -0.1) is 11.3 Å². The second-order valence-corrected chi connectivity index (χ2v) is 5.99. The maximum atomic E-state index is 11.9. The second kappa shape index (κ2) is 7.61. The lowest BCUT2D eigenvalue weighted by Crippen LogP contribution is -2.28. The third kappa shape index (κ3) is 4.11. The van der Waals surface area contributed by atoms with E-state index in [9.17, 15) is 9.90 Å². The van der Waals surface area contributed by atoms with Crippen LogP contribution in [0.3, 0.4) is 0 Å². The zero-order chi connectivity index (χ0) is 16.8. The number of nitrogens with zero attached hydrogens (tertiary/aromatic N) is 1. The Labute approximate surface area is 144 Å². The summed E-state index contributed by atoms with van der Waals surface area (Å²) in [7, 11) is 0. The Morgan fingerprint density at radius 2 is 1.79 bits per heavy atom. The number of nitrogens with one attached hydrogen (secondary N) is 2. The molecule has 0 fully saturated rings. The number of aromatic nitrogens is 1. The van der Waals surface area contributed by atoms with Crippen LogP contribution in [-0.2, 0) is 0 Å². The number of aromatic hydroxyl groups is 1. The largest absolute Gasteiger partial charge is 0.508 e. The van der Waals surface area contributed by atoms with Crippen LogP contribution in [0.15, 0.2) is 60.0 Å². The van der Waals surface area contributed by atoms with Crippen LogP contribution >= 0.6 is 11.3 Å². The molecule has 1 aromatic heterocycles. The number of phenols is 1. The number of carbonyl (C=O) groups excluding carboxylic acids is 1. The lowest BCUT2D eigenvalue weighted by molar-refractivity contribution is 0.0955. The number of phenolic OH excluding ortho intramolecular Hbond substituents is 1. The normalized spacial score (nSPS) is 10.3. The molecule has 0 atom stereocenters.